The van der Waals surface area contributed by atoms with E-state index in [0.29, 0.717) is 0 Å². The Bertz CT molecular complexity index is 256. The number of carboxylic acid groups (broad SMARTS) is 1. The lowest BCUT2D eigenvalue weighted by atomic mass is 9.90. The van der Waals surface area contributed by atoms with Crippen molar-refractivity contribution in [1.29, 1.82) is 0 Å². The molecule has 0 aliphatic carbocycles. The van der Waals surface area contributed by atoms with E-state index < -0.39 is 24.6 Å². The number of urea groups is 1. The molecule has 17 heavy (non-hydrogen) atoms. The largest absolute Gasteiger partial charge is 0.480 e. The lowest BCUT2D eigenvalue weighted by molar-refractivity contribution is -0.140. The number of amides is 2. The lowest BCUT2D eigenvalue weighted by Crippen LogP contribution is -2.55. The van der Waals surface area contributed by atoms with E-state index in [1.54, 1.807) is 0 Å². The first kappa shape index (κ1) is 15.7. The van der Waals surface area contributed by atoms with E-state index >= 15 is 0 Å². The quantitative estimate of drug-likeness (QED) is 0.531. The van der Waals surface area contributed by atoms with Crippen molar-refractivity contribution in [3.8, 4) is 0 Å². The summed E-state index contributed by atoms with van der Waals surface area (Å²) in [5.41, 5.74) is -0.317. The van der Waals surface area contributed by atoms with Crippen LogP contribution in [0.25, 0.3) is 0 Å². The molecule has 0 unspecified atom stereocenters. The van der Waals surface area contributed by atoms with Crippen molar-refractivity contribution in [1.82, 2.24) is 10.6 Å². The molecule has 0 rings (SSSR count). The summed E-state index contributed by atoms with van der Waals surface area (Å²) >= 11 is 0. The highest BCUT2D eigenvalue weighted by Crippen LogP contribution is 2.18. The van der Waals surface area contributed by atoms with Crippen LogP contribution in [0.15, 0.2) is 0 Å². The Morgan fingerprint density at radius 3 is 1.94 bits per heavy atom. The maximum atomic E-state index is 11.6. The maximum Gasteiger partial charge on any atom is 0.328 e. The van der Waals surface area contributed by atoms with Crippen LogP contribution in [-0.2, 0) is 4.79 Å². The molecule has 0 aromatic carbocycles. The average Bonchev–Trinajstić information content (AvgIpc) is 2.32. The second-order valence-corrected chi connectivity index (χ2v) is 4.01. The molecule has 0 fully saturated rings. The van der Waals surface area contributed by atoms with Crippen LogP contribution in [0.2, 0.25) is 0 Å². The number of carbonyl (C=O) groups excluding carboxylic acids is 1. The van der Waals surface area contributed by atoms with Gasteiger partial charge in [0.15, 0.2) is 6.04 Å². The van der Waals surface area contributed by atoms with Gasteiger partial charge in [0.05, 0.1) is 6.61 Å². The summed E-state index contributed by atoms with van der Waals surface area (Å²) in [5, 5.41) is 22.5. The first-order valence-corrected chi connectivity index (χ1v) is 5.87. The van der Waals surface area contributed by atoms with Crippen molar-refractivity contribution in [3.63, 3.8) is 0 Å². The minimum atomic E-state index is -1.27. The Kier molecular flexibility index (Phi) is 6.57. The second-order valence-electron chi connectivity index (χ2n) is 4.01. The number of hydrogen-bond donors (Lipinski definition) is 4. The van der Waals surface area contributed by atoms with Gasteiger partial charge in [-0.3, -0.25) is 0 Å². The van der Waals surface area contributed by atoms with Crippen molar-refractivity contribution in [2.75, 3.05) is 6.61 Å². The van der Waals surface area contributed by atoms with E-state index in [0.717, 1.165) is 19.3 Å². The number of nitrogens with one attached hydrogen (secondary N) is 2. The van der Waals surface area contributed by atoms with Gasteiger partial charge >= 0.3 is 12.0 Å². The highest BCUT2D eigenvalue weighted by molar-refractivity contribution is 5.82. The summed E-state index contributed by atoms with van der Waals surface area (Å²) in [5.74, 6) is -1.25. The predicted octanol–water partition coefficient (Wildman–Crippen LogP) is 0.700. The summed E-state index contributed by atoms with van der Waals surface area (Å²) in [4.78, 5) is 22.3. The van der Waals surface area contributed by atoms with Crippen LogP contribution in [0.3, 0.4) is 0 Å². The van der Waals surface area contributed by atoms with Gasteiger partial charge in [0.2, 0.25) is 0 Å². The number of aliphatic hydroxyl groups is 1. The maximum absolute atomic E-state index is 11.6. The van der Waals surface area contributed by atoms with Gasteiger partial charge in [-0.25, -0.2) is 9.59 Å². The molecule has 0 aromatic heterocycles. The third-order valence-electron chi connectivity index (χ3n) is 3.20. The van der Waals surface area contributed by atoms with Crippen LogP contribution in [0.5, 0.6) is 0 Å². The van der Waals surface area contributed by atoms with Crippen molar-refractivity contribution in [3.05, 3.63) is 0 Å². The Labute approximate surface area is 101 Å². The molecule has 0 bridgehead atoms. The molecule has 0 saturated heterocycles. The highest BCUT2D eigenvalue weighted by atomic mass is 16.4. The molecule has 6 nitrogen and oxygen atoms in total. The van der Waals surface area contributed by atoms with E-state index in [-0.39, 0.29) is 5.54 Å². The van der Waals surface area contributed by atoms with Gasteiger partial charge in [-0.2, -0.15) is 0 Å². The highest BCUT2D eigenvalue weighted by Gasteiger charge is 2.27. The van der Waals surface area contributed by atoms with Gasteiger partial charge in [0, 0.05) is 5.54 Å². The van der Waals surface area contributed by atoms with Crippen LogP contribution in [0.4, 0.5) is 4.79 Å². The fraction of sp³-hybridized carbons (Fsp3) is 0.818. The van der Waals surface area contributed by atoms with Crippen LogP contribution in [0, 0.1) is 0 Å². The van der Waals surface area contributed by atoms with E-state index in [4.69, 9.17) is 10.2 Å². The molecule has 0 heterocycles. The first-order valence-electron chi connectivity index (χ1n) is 5.87. The van der Waals surface area contributed by atoms with E-state index in [9.17, 15) is 9.59 Å². The zero-order valence-corrected chi connectivity index (χ0v) is 10.6. The Morgan fingerprint density at radius 2 is 1.65 bits per heavy atom. The standard InChI is InChI=1S/C11H22N2O4/c1-4-11(5-2,6-3)13-10(17)12-8(7-14)9(15)16/h8,14H,4-7H2,1-3H3,(H,15,16)(H2,12,13,17)/t8-/m0/s1. The molecular weight excluding hydrogens is 224 g/mol. The summed E-state index contributed by atoms with van der Waals surface area (Å²) in [7, 11) is 0. The molecule has 0 aliphatic rings. The normalized spacial score (nSPS) is 12.9. The number of aliphatic carboxylic acids is 1. The molecule has 1 atom stereocenters. The molecular formula is C11H22N2O4. The van der Waals surface area contributed by atoms with Gasteiger partial charge < -0.3 is 20.8 Å². The topological polar surface area (TPSA) is 98.7 Å². The zero-order chi connectivity index (χ0) is 13.5. The third kappa shape index (κ3) is 4.60. The zero-order valence-electron chi connectivity index (χ0n) is 10.6. The molecule has 0 saturated carbocycles. The first-order chi connectivity index (χ1) is 7.94. The smallest absolute Gasteiger partial charge is 0.328 e. The summed E-state index contributed by atoms with van der Waals surface area (Å²) in [6, 6.07) is -1.82. The lowest BCUT2D eigenvalue weighted by Gasteiger charge is -2.32. The second kappa shape index (κ2) is 7.11. The van der Waals surface area contributed by atoms with Crippen LogP contribution in [0.1, 0.15) is 40.0 Å². The minimum absolute atomic E-state index is 0.317. The molecule has 0 radical (unpaired) electrons. The molecule has 100 valence electrons. The molecule has 0 spiro atoms. The summed E-state index contributed by atoms with van der Waals surface area (Å²) in [6.45, 7) is 5.27. The van der Waals surface area contributed by atoms with E-state index in [1.807, 2.05) is 20.8 Å². The molecule has 2 amide bonds. The van der Waals surface area contributed by atoms with Gasteiger partial charge in [-0.05, 0) is 19.3 Å². The van der Waals surface area contributed by atoms with Crippen molar-refractivity contribution < 1.29 is 19.8 Å². The monoisotopic (exact) mass is 246 g/mol. The van der Waals surface area contributed by atoms with Crippen molar-refractivity contribution >= 4 is 12.0 Å². The van der Waals surface area contributed by atoms with Crippen LogP contribution >= 0.6 is 0 Å². The van der Waals surface area contributed by atoms with Crippen molar-refractivity contribution in [2.24, 2.45) is 0 Å². The number of rotatable bonds is 7. The molecule has 0 aromatic rings. The van der Waals surface area contributed by atoms with Crippen LogP contribution < -0.4 is 10.6 Å². The number of carboxylic acids is 1. The van der Waals surface area contributed by atoms with Gasteiger partial charge in [0.25, 0.3) is 0 Å². The molecule has 4 N–H and O–H groups in total. The van der Waals surface area contributed by atoms with Gasteiger partial charge in [-0.15, -0.1) is 0 Å². The Morgan fingerprint density at radius 1 is 1.18 bits per heavy atom. The van der Waals surface area contributed by atoms with E-state index in [1.165, 1.54) is 0 Å². The van der Waals surface area contributed by atoms with Gasteiger partial charge in [0.1, 0.15) is 0 Å². The Balaban J connectivity index is 4.47. The summed E-state index contributed by atoms with van der Waals surface area (Å²) < 4.78 is 0. The number of carbonyl (C=O) groups is 2. The van der Waals surface area contributed by atoms with Crippen LogP contribution in [-0.4, -0.2) is 40.4 Å². The number of aliphatic hydroxyl groups excluding tert-OH is 1. The third-order valence-corrected chi connectivity index (χ3v) is 3.20. The minimum Gasteiger partial charge on any atom is -0.480 e. The Hall–Kier alpha value is -1.30. The SMILES string of the molecule is CCC(CC)(CC)NC(=O)N[C@@H](CO)C(=O)O. The average molecular weight is 246 g/mol. The fourth-order valence-electron chi connectivity index (χ4n) is 1.64. The molecule has 0 aliphatic heterocycles. The number of hydrogen-bond acceptors (Lipinski definition) is 3. The van der Waals surface area contributed by atoms with Crippen molar-refractivity contribution in [2.45, 2.75) is 51.6 Å². The summed E-state index contributed by atoms with van der Waals surface area (Å²) in [6.07, 6.45) is 2.30. The fourth-order valence-corrected chi connectivity index (χ4v) is 1.64. The van der Waals surface area contributed by atoms with Gasteiger partial charge in [-0.1, -0.05) is 20.8 Å². The van der Waals surface area contributed by atoms with E-state index in [2.05, 4.69) is 10.6 Å². The molecule has 6 heteroatoms. The predicted molar refractivity (Wildman–Crippen MR) is 63.8 cm³/mol.